The van der Waals surface area contributed by atoms with Gasteiger partial charge in [0.05, 0.1) is 17.8 Å². The highest BCUT2D eigenvalue weighted by molar-refractivity contribution is 7.16. The largest absolute Gasteiger partial charge is 0.302 e. The number of aryl methyl sites for hydroxylation is 2. The highest BCUT2D eigenvalue weighted by Crippen LogP contribution is 2.26. The fourth-order valence-corrected chi connectivity index (χ4v) is 4.29. The number of anilines is 2. The number of carbonyl (C=O) groups excluding carboxylic acids is 2. The van der Waals surface area contributed by atoms with E-state index in [0.29, 0.717) is 16.0 Å². The summed E-state index contributed by atoms with van der Waals surface area (Å²) in [5.41, 5.74) is 4.01. The number of hydrogen-bond donors (Lipinski definition) is 2. The van der Waals surface area contributed by atoms with Gasteiger partial charge in [-0.2, -0.15) is 0 Å². The molecule has 0 spiro atoms. The van der Waals surface area contributed by atoms with Crippen molar-refractivity contribution < 1.29 is 9.59 Å². The lowest BCUT2D eigenvalue weighted by molar-refractivity contribution is -0.119. The van der Waals surface area contributed by atoms with E-state index in [1.165, 1.54) is 33.8 Å². The molecular formula is C21H24N4O2S2. The van der Waals surface area contributed by atoms with Crippen LogP contribution in [0.3, 0.4) is 0 Å². The molecule has 0 bridgehead atoms. The molecular weight excluding hydrogens is 404 g/mol. The Hall–Kier alpha value is -2.58. The Balaban J connectivity index is 1.58. The Morgan fingerprint density at radius 2 is 1.76 bits per heavy atom. The molecule has 2 heterocycles. The van der Waals surface area contributed by atoms with Gasteiger partial charge in [0.15, 0.2) is 10.3 Å². The van der Waals surface area contributed by atoms with Crippen molar-refractivity contribution in [2.45, 2.75) is 40.5 Å². The average Bonchev–Trinajstić information content (AvgIpc) is 3.23. The van der Waals surface area contributed by atoms with Crippen LogP contribution >= 0.6 is 22.7 Å². The van der Waals surface area contributed by atoms with Gasteiger partial charge in [-0.25, -0.2) is 9.97 Å². The lowest BCUT2D eigenvalue weighted by Crippen LogP contribution is -2.18. The Morgan fingerprint density at radius 3 is 2.45 bits per heavy atom. The summed E-state index contributed by atoms with van der Waals surface area (Å²) in [4.78, 5) is 34.0. The molecule has 2 N–H and O–H groups in total. The van der Waals surface area contributed by atoms with Crippen molar-refractivity contribution in [2.75, 3.05) is 10.6 Å². The molecule has 3 aromatic rings. The van der Waals surface area contributed by atoms with Crippen molar-refractivity contribution in [3.8, 4) is 0 Å². The van der Waals surface area contributed by atoms with E-state index in [-0.39, 0.29) is 24.2 Å². The molecule has 3 rings (SSSR count). The summed E-state index contributed by atoms with van der Waals surface area (Å²) in [6.45, 7) is 7.67. The minimum Gasteiger partial charge on any atom is -0.302 e. The molecule has 0 saturated heterocycles. The van der Waals surface area contributed by atoms with Crippen LogP contribution in [-0.4, -0.2) is 21.8 Å². The molecule has 2 amide bonds. The molecule has 152 valence electrons. The Bertz CT molecular complexity index is 1010. The SMILES string of the molecule is Cc1ccc(Cc2sc(NC(=O)Cc3csc(NC(=O)C(C)C)n3)nc2C)cc1. The first-order chi connectivity index (χ1) is 13.8. The first-order valence-electron chi connectivity index (χ1n) is 9.37. The quantitative estimate of drug-likeness (QED) is 0.577. The summed E-state index contributed by atoms with van der Waals surface area (Å²) in [6, 6.07) is 8.43. The number of nitrogens with zero attached hydrogens (tertiary/aromatic N) is 2. The van der Waals surface area contributed by atoms with E-state index >= 15 is 0 Å². The third-order valence-electron chi connectivity index (χ3n) is 4.27. The van der Waals surface area contributed by atoms with Crippen LogP contribution in [0, 0.1) is 19.8 Å². The fourth-order valence-electron chi connectivity index (χ4n) is 2.56. The molecule has 0 aliphatic heterocycles. The third-order valence-corrected chi connectivity index (χ3v) is 6.15. The number of nitrogens with one attached hydrogen (secondary N) is 2. The third kappa shape index (κ3) is 5.95. The zero-order chi connectivity index (χ0) is 21.0. The number of thiazole rings is 2. The maximum atomic E-state index is 12.4. The van der Waals surface area contributed by atoms with Gasteiger partial charge in [-0.3, -0.25) is 9.59 Å². The Kier molecular flexibility index (Phi) is 6.76. The second-order valence-corrected chi connectivity index (χ2v) is 9.14. The van der Waals surface area contributed by atoms with Crippen LogP contribution in [0.25, 0.3) is 0 Å². The second-order valence-electron chi connectivity index (χ2n) is 7.20. The van der Waals surface area contributed by atoms with Crippen molar-refractivity contribution in [1.29, 1.82) is 0 Å². The number of hydrogen-bond acceptors (Lipinski definition) is 6. The molecule has 1 aromatic carbocycles. The van der Waals surface area contributed by atoms with E-state index < -0.39 is 0 Å². The van der Waals surface area contributed by atoms with Gasteiger partial charge in [-0.1, -0.05) is 43.7 Å². The molecule has 0 radical (unpaired) electrons. The zero-order valence-electron chi connectivity index (χ0n) is 16.9. The monoisotopic (exact) mass is 428 g/mol. The van der Waals surface area contributed by atoms with Gasteiger partial charge in [0.1, 0.15) is 0 Å². The summed E-state index contributed by atoms with van der Waals surface area (Å²) >= 11 is 2.81. The molecule has 0 aliphatic carbocycles. The number of rotatable bonds is 7. The van der Waals surface area contributed by atoms with Gasteiger partial charge in [0.2, 0.25) is 11.8 Å². The summed E-state index contributed by atoms with van der Waals surface area (Å²) < 4.78 is 0. The minimum absolute atomic E-state index is 0.0882. The van der Waals surface area contributed by atoms with Crippen molar-refractivity contribution in [1.82, 2.24) is 9.97 Å². The first kappa shape index (κ1) is 21.1. The van der Waals surface area contributed by atoms with E-state index in [2.05, 4.69) is 51.8 Å². The van der Waals surface area contributed by atoms with E-state index in [1.54, 1.807) is 5.38 Å². The highest BCUT2D eigenvalue weighted by atomic mass is 32.1. The van der Waals surface area contributed by atoms with E-state index in [0.717, 1.165) is 17.0 Å². The molecule has 0 saturated carbocycles. The van der Waals surface area contributed by atoms with Crippen LogP contribution < -0.4 is 10.6 Å². The lowest BCUT2D eigenvalue weighted by atomic mass is 10.1. The number of aromatic nitrogens is 2. The summed E-state index contributed by atoms with van der Waals surface area (Å²) in [5.74, 6) is -0.379. The van der Waals surface area contributed by atoms with Gasteiger partial charge in [0.25, 0.3) is 0 Å². The van der Waals surface area contributed by atoms with Crippen molar-refractivity contribution >= 4 is 44.8 Å². The van der Waals surface area contributed by atoms with Crippen LogP contribution in [-0.2, 0) is 22.4 Å². The maximum absolute atomic E-state index is 12.4. The van der Waals surface area contributed by atoms with Gasteiger partial charge >= 0.3 is 0 Å². The van der Waals surface area contributed by atoms with Crippen LogP contribution in [0.1, 0.15) is 41.2 Å². The average molecular weight is 429 g/mol. The normalized spacial score (nSPS) is 10.9. The van der Waals surface area contributed by atoms with Gasteiger partial charge in [-0.05, 0) is 19.4 Å². The topological polar surface area (TPSA) is 84.0 Å². The van der Waals surface area contributed by atoms with Crippen molar-refractivity contribution in [3.05, 3.63) is 57.0 Å². The smallest absolute Gasteiger partial charge is 0.232 e. The Labute approximate surface area is 178 Å². The molecule has 2 aromatic heterocycles. The number of amides is 2. The van der Waals surface area contributed by atoms with E-state index in [1.807, 2.05) is 20.8 Å². The van der Waals surface area contributed by atoms with Crippen LogP contribution in [0.15, 0.2) is 29.6 Å². The van der Waals surface area contributed by atoms with Crippen LogP contribution in [0.4, 0.5) is 10.3 Å². The predicted octanol–water partition coefficient (Wildman–Crippen LogP) is 4.58. The van der Waals surface area contributed by atoms with Gasteiger partial charge in [0, 0.05) is 22.6 Å². The number of carbonyl (C=O) groups is 2. The molecule has 8 heteroatoms. The van der Waals surface area contributed by atoms with Gasteiger partial charge < -0.3 is 10.6 Å². The summed E-state index contributed by atoms with van der Waals surface area (Å²) in [6.07, 6.45) is 0.935. The molecule has 29 heavy (non-hydrogen) atoms. The number of benzene rings is 1. The standard InChI is InChI=1S/C21H24N4O2S2/c1-12(2)19(27)25-20-23-16(11-28-20)10-18(26)24-21-22-14(4)17(29-21)9-15-7-5-13(3)6-8-15/h5-8,11-12H,9-10H2,1-4H3,(H,22,24,26)(H,23,25,27). The Morgan fingerprint density at radius 1 is 1.03 bits per heavy atom. The maximum Gasteiger partial charge on any atom is 0.232 e. The van der Waals surface area contributed by atoms with E-state index in [4.69, 9.17) is 0 Å². The van der Waals surface area contributed by atoms with Crippen LogP contribution in [0.5, 0.6) is 0 Å². The zero-order valence-corrected chi connectivity index (χ0v) is 18.5. The molecule has 0 atom stereocenters. The summed E-state index contributed by atoms with van der Waals surface area (Å²) in [5, 5.41) is 8.50. The minimum atomic E-state index is -0.173. The van der Waals surface area contributed by atoms with Crippen molar-refractivity contribution in [2.24, 2.45) is 5.92 Å². The highest BCUT2D eigenvalue weighted by Gasteiger charge is 2.14. The van der Waals surface area contributed by atoms with E-state index in [9.17, 15) is 9.59 Å². The second kappa shape index (κ2) is 9.28. The predicted molar refractivity (Wildman–Crippen MR) is 119 cm³/mol. The lowest BCUT2D eigenvalue weighted by Gasteiger charge is -2.03. The fraction of sp³-hybridized carbons (Fsp3) is 0.333. The first-order valence-corrected chi connectivity index (χ1v) is 11.1. The van der Waals surface area contributed by atoms with Gasteiger partial charge in [-0.15, -0.1) is 22.7 Å². The molecule has 6 nitrogen and oxygen atoms in total. The van der Waals surface area contributed by atoms with Crippen molar-refractivity contribution in [3.63, 3.8) is 0 Å². The molecule has 0 fully saturated rings. The van der Waals surface area contributed by atoms with Crippen LogP contribution in [0.2, 0.25) is 0 Å². The molecule has 0 aliphatic rings. The summed E-state index contributed by atoms with van der Waals surface area (Å²) in [7, 11) is 0. The molecule has 0 unspecified atom stereocenters.